The molecule has 0 saturated heterocycles. The number of aryl methyl sites for hydroxylation is 1. The van der Waals surface area contributed by atoms with E-state index in [1.807, 2.05) is 63.2 Å². The predicted molar refractivity (Wildman–Crippen MR) is 77.4 cm³/mol. The zero-order valence-corrected chi connectivity index (χ0v) is 11.5. The molecule has 1 aromatic heterocycles. The molecular weight excluding hydrogens is 236 g/mol. The molecule has 0 aliphatic rings. The van der Waals surface area contributed by atoms with Gasteiger partial charge in [0.05, 0.1) is 0 Å². The fraction of sp³-hybridized carbons (Fsp3) is 0.250. The first-order valence-corrected chi connectivity index (χ1v) is 6.42. The van der Waals surface area contributed by atoms with Gasteiger partial charge in [-0.3, -0.25) is 4.79 Å². The highest BCUT2D eigenvalue weighted by molar-refractivity contribution is 6.05. The Balaban J connectivity index is 2.38. The lowest BCUT2D eigenvalue weighted by molar-refractivity contribution is 0.0975. The molecule has 0 radical (unpaired) electrons. The van der Waals surface area contributed by atoms with Crippen LogP contribution in [0.15, 0.2) is 48.5 Å². The Hall–Kier alpha value is -2.16. The van der Waals surface area contributed by atoms with Crippen LogP contribution in [0.4, 0.5) is 5.69 Å². The zero-order valence-electron chi connectivity index (χ0n) is 11.5. The largest absolute Gasteiger partial charge is 0.305 e. The number of para-hydroxylation sites is 1. The Bertz CT molecular complexity index is 564. The van der Waals surface area contributed by atoms with Gasteiger partial charge >= 0.3 is 0 Å². The summed E-state index contributed by atoms with van der Waals surface area (Å²) in [5, 5.41) is 0. The molecule has 19 heavy (non-hydrogen) atoms. The van der Waals surface area contributed by atoms with E-state index < -0.39 is 0 Å². The Kier molecular flexibility index (Phi) is 3.95. The molecule has 1 heterocycles. The molecule has 3 nitrogen and oxygen atoms in total. The Labute approximate surface area is 113 Å². The van der Waals surface area contributed by atoms with Crippen LogP contribution in [0.1, 0.15) is 30.0 Å². The van der Waals surface area contributed by atoms with Gasteiger partial charge in [-0.1, -0.05) is 24.3 Å². The highest BCUT2D eigenvalue weighted by Crippen LogP contribution is 2.19. The maximum atomic E-state index is 12.6. The van der Waals surface area contributed by atoms with Gasteiger partial charge in [0.15, 0.2) is 0 Å². The quantitative estimate of drug-likeness (QED) is 0.840. The summed E-state index contributed by atoms with van der Waals surface area (Å²) in [6.07, 6.45) is 0. The van der Waals surface area contributed by atoms with Crippen molar-refractivity contribution >= 4 is 11.6 Å². The van der Waals surface area contributed by atoms with Crippen LogP contribution >= 0.6 is 0 Å². The molecule has 0 N–H and O–H groups in total. The lowest BCUT2D eigenvalue weighted by atomic mass is 10.2. The molecule has 0 bridgehead atoms. The van der Waals surface area contributed by atoms with E-state index in [9.17, 15) is 4.79 Å². The molecule has 3 heteroatoms. The topological polar surface area (TPSA) is 33.2 Å². The van der Waals surface area contributed by atoms with E-state index in [2.05, 4.69) is 4.98 Å². The molecule has 98 valence electrons. The van der Waals surface area contributed by atoms with Gasteiger partial charge in [0.25, 0.3) is 5.91 Å². The summed E-state index contributed by atoms with van der Waals surface area (Å²) >= 11 is 0. The fourth-order valence-corrected chi connectivity index (χ4v) is 2.02. The van der Waals surface area contributed by atoms with Crippen LogP contribution in [0.2, 0.25) is 0 Å². The number of aromatic nitrogens is 1. The van der Waals surface area contributed by atoms with E-state index in [0.29, 0.717) is 5.69 Å². The lowest BCUT2D eigenvalue weighted by Gasteiger charge is -2.26. The Morgan fingerprint density at radius 2 is 1.74 bits per heavy atom. The molecule has 2 rings (SSSR count). The predicted octanol–water partition coefficient (Wildman–Crippen LogP) is 3.45. The number of anilines is 1. The summed E-state index contributed by atoms with van der Waals surface area (Å²) in [4.78, 5) is 18.7. The molecule has 2 aromatic rings. The minimum absolute atomic E-state index is 0.0649. The summed E-state index contributed by atoms with van der Waals surface area (Å²) in [5.74, 6) is -0.0649. The maximum Gasteiger partial charge on any atom is 0.277 e. The van der Waals surface area contributed by atoms with E-state index in [0.717, 1.165) is 11.4 Å². The minimum atomic E-state index is -0.0649. The van der Waals surface area contributed by atoms with Crippen molar-refractivity contribution in [3.8, 4) is 0 Å². The standard InChI is InChI=1S/C16H18N2O/c1-12(2)18(14-9-5-4-6-10-14)16(19)15-11-7-8-13(3)17-15/h4-12H,1-3H3. The number of rotatable bonds is 3. The highest BCUT2D eigenvalue weighted by atomic mass is 16.2. The second-order valence-electron chi connectivity index (χ2n) is 4.77. The van der Waals surface area contributed by atoms with E-state index >= 15 is 0 Å². The third-order valence-corrected chi connectivity index (χ3v) is 2.88. The maximum absolute atomic E-state index is 12.6. The SMILES string of the molecule is Cc1cccc(C(=O)N(c2ccccc2)C(C)C)n1. The number of carbonyl (C=O) groups excluding carboxylic acids is 1. The number of hydrogen-bond acceptors (Lipinski definition) is 2. The van der Waals surface area contributed by atoms with Crippen molar-refractivity contribution in [2.45, 2.75) is 26.8 Å². The van der Waals surface area contributed by atoms with Gasteiger partial charge in [-0.25, -0.2) is 4.98 Å². The summed E-state index contributed by atoms with van der Waals surface area (Å²) in [6.45, 7) is 5.89. The highest BCUT2D eigenvalue weighted by Gasteiger charge is 2.21. The second kappa shape index (κ2) is 5.65. The number of benzene rings is 1. The molecule has 0 spiro atoms. The molecule has 0 saturated carbocycles. The first-order chi connectivity index (χ1) is 9.09. The van der Waals surface area contributed by atoms with Gasteiger partial charge in [-0.2, -0.15) is 0 Å². The first kappa shape index (κ1) is 13.3. The summed E-state index contributed by atoms with van der Waals surface area (Å²) < 4.78 is 0. The molecule has 0 atom stereocenters. The van der Waals surface area contributed by atoms with Crippen molar-refractivity contribution in [1.82, 2.24) is 4.98 Å². The Morgan fingerprint density at radius 1 is 1.05 bits per heavy atom. The van der Waals surface area contributed by atoms with Gasteiger partial charge in [-0.15, -0.1) is 0 Å². The number of nitrogens with zero attached hydrogens (tertiary/aromatic N) is 2. The van der Waals surface area contributed by atoms with Crippen molar-refractivity contribution < 1.29 is 4.79 Å². The van der Waals surface area contributed by atoms with Crippen LogP contribution in [0.25, 0.3) is 0 Å². The zero-order chi connectivity index (χ0) is 13.8. The van der Waals surface area contributed by atoms with E-state index in [-0.39, 0.29) is 11.9 Å². The molecule has 0 fully saturated rings. The summed E-state index contributed by atoms with van der Waals surface area (Å²) in [5.41, 5.74) is 2.23. The van der Waals surface area contributed by atoms with E-state index in [1.165, 1.54) is 0 Å². The van der Waals surface area contributed by atoms with Crippen LogP contribution in [0.3, 0.4) is 0 Å². The monoisotopic (exact) mass is 254 g/mol. The fourth-order valence-electron chi connectivity index (χ4n) is 2.02. The van der Waals surface area contributed by atoms with Crippen LogP contribution in [-0.2, 0) is 0 Å². The van der Waals surface area contributed by atoms with Crippen LogP contribution in [0, 0.1) is 6.92 Å². The number of carbonyl (C=O) groups is 1. The second-order valence-corrected chi connectivity index (χ2v) is 4.77. The molecule has 1 aromatic carbocycles. The molecular formula is C16H18N2O. The Morgan fingerprint density at radius 3 is 2.32 bits per heavy atom. The normalized spacial score (nSPS) is 10.5. The number of pyridine rings is 1. The third-order valence-electron chi connectivity index (χ3n) is 2.88. The van der Waals surface area contributed by atoms with Crippen molar-refractivity contribution in [3.05, 3.63) is 59.9 Å². The van der Waals surface area contributed by atoms with E-state index in [4.69, 9.17) is 0 Å². The lowest BCUT2D eigenvalue weighted by Crippen LogP contribution is -2.37. The van der Waals surface area contributed by atoms with Crippen molar-refractivity contribution in [2.75, 3.05) is 4.90 Å². The average Bonchev–Trinajstić information content (AvgIpc) is 2.39. The van der Waals surface area contributed by atoms with Gasteiger partial charge in [0.2, 0.25) is 0 Å². The molecule has 0 unspecified atom stereocenters. The average molecular weight is 254 g/mol. The van der Waals surface area contributed by atoms with Gasteiger partial charge < -0.3 is 4.90 Å². The van der Waals surface area contributed by atoms with Gasteiger partial charge in [-0.05, 0) is 45.0 Å². The van der Waals surface area contributed by atoms with Crippen LogP contribution in [-0.4, -0.2) is 16.9 Å². The van der Waals surface area contributed by atoms with Crippen molar-refractivity contribution in [2.24, 2.45) is 0 Å². The van der Waals surface area contributed by atoms with Gasteiger partial charge in [0.1, 0.15) is 5.69 Å². The molecule has 1 amide bonds. The third kappa shape index (κ3) is 2.99. The van der Waals surface area contributed by atoms with Crippen molar-refractivity contribution in [1.29, 1.82) is 0 Å². The molecule has 0 aliphatic carbocycles. The van der Waals surface area contributed by atoms with E-state index in [1.54, 1.807) is 11.0 Å². The molecule has 0 aliphatic heterocycles. The number of hydrogen-bond donors (Lipinski definition) is 0. The van der Waals surface area contributed by atoms with Crippen LogP contribution in [0.5, 0.6) is 0 Å². The van der Waals surface area contributed by atoms with Crippen molar-refractivity contribution in [3.63, 3.8) is 0 Å². The minimum Gasteiger partial charge on any atom is -0.305 e. The smallest absolute Gasteiger partial charge is 0.277 e. The van der Waals surface area contributed by atoms with Crippen LogP contribution < -0.4 is 4.90 Å². The summed E-state index contributed by atoms with van der Waals surface area (Å²) in [6, 6.07) is 15.3. The number of amides is 1. The van der Waals surface area contributed by atoms with Gasteiger partial charge in [0, 0.05) is 17.4 Å². The summed E-state index contributed by atoms with van der Waals surface area (Å²) in [7, 11) is 0. The first-order valence-electron chi connectivity index (χ1n) is 6.42.